The molecule has 0 saturated carbocycles. The topological polar surface area (TPSA) is 92.8 Å². The minimum absolute atomic E-state index is 0. The third-order valence-electron chi connectivity index (χ3n) is 2.92. The first kappa shape index (κ1) is 20.3. The van der Waals surface area contributed by atoms with Gasteiger partial charge in [-0.3, -0.25) is 4.79 Å². The Hall–Kier alpha value is -0.780. The van der Waals surface area contributed by atoms with Crippen LogP contribution in [0, 0.1) is 7.14 Å². The number of benzene rings is 2. The second-order valence-electron chi connectivity index (χ2n) is 4.63. The summed E-state index contributed by atoms with van der Waals surface area (Å²) in [5.74, 6) is 0.472. The predicted octanol–water partition coefficient (Wildman–Crippen LogP) is 3.77. The van der Waals surface area contributed by atoms with E-state index in [0.717, 1.165) is 9.13 Å². The number of carboxylic acid groups (broad SMARTS) is 1. The second-order valence-corrected chi connectivity index (χ2v) is 6.95. The molecule has 2 aromatic rings. The summed E-state index contributed by atoms with van der Waals surface area (Å²) in [5.41, 5.74) is 6.37. The number of phenols is 1. The van der Waals surface area contributed by atoms with E-state index in [1.807, 2.05) is 28.7 Å². The van der Waals surface area contributed by atoms with Crippen LogP contribution in [0.3, 0.4) is 0 Å². The Morgan fingerprint density at radius 3 is 2.43 bits per heavy atom. The highest BCUT2D eigenvalue weighted by atomic mass is 127. The average Bonchev–Trinajstić information content (AvgIpc) is 2.45. The normalized spacial score (nSPS) is 11.4. The molecule has 0 bridgehead atoms. The van der Waals surface area contributed by atoms with Crippen molar-refractivity contribution < 1.29 is 19.7 Å². The van der Waals surface area contributed by atoms with Crippen LogP contribution in [0.15, 0.2) is 36.4 Å². The summed E-state index contributed by atoms with van der Waals surface area (Å²) < 4.78 is 7.34. The third-order valence-corrected chi connectivity index (χ3v) is 4.62. The lowest BCUT2D eigenvalue weighted by atomic mass is 10.1. The number of hydrogen-bond donors (Lipinski definition) is 3. The van der Waals surface area contributed by atoms with Gasteiger partial charge < -0.3 is 20.7 Å². The van der Waals surface area contributed by atoms with Gasteiger partial charge in [-0.25, -0.2) is 0 Å². The van der Waals surface area contributed by atoms with Gasteiger partial charge >= 0.3 is 5.97 Å². The lowest BCUT2D eigenvalue weighted by Crippen LogP contribution is -2.32. The fourth-order valence-corrected chi connectivity index (χ4v) is 2.95. The maximum atomic E-state index is 10.8. The Kier molecular flexibility index (Phi) is 7.84. The van der Waals surface area contributed by atoms with Crippen LogP contribution in [0.2, 0.25) is 0 Å². The van der Waals surface area contributed by atoms with E-state index in [9.17, 15) is 9.90 Å². The number of phenolic OH excluding ortho intramolecular Hbond substituents is 1. The quantitative estimate of drug-likeness (QED) is 0.479. The molecule has 0 radical (unpaired) electrons. The number of halogens is 3. The summed E-state index contributed by atoms with van der Waals surface area (Å²) in [6, 6.07) is 9.51. The number of aliphatic carboxylic acids is 1. The van der Waals surface area contributed by atoms with Gasteiger partial charge in [0.1, 0.15) is 23.3 Å². The molecule has 2 rings (SSSR count). The average molecular weight is 567 g/mol. The summed E-state index contributed by atoms with van der Waals surface area (Å²) in [6.45, 7) is 0. The highest BCUT2D eigenvalue weighted by Gasteiger charge is 2.13. The zero-order valence-electron chi connectivity index (χ0n) is 11.7. The fourth-order valence-electron chi connectivity index (χ4n) is 1.77. The maximum absolute atomic E-state index is 10.8. The van der Waals surface area contributed by atoms with Crippen LogP contribution in [-0.2, 0) is 11.2 Å². The van der Waals surface area contributed by atoms with Gasteiger partial charge in [-0.15, -0.1) is 12.4 Å². The smallest absolute Gasteiger partial charge is 0.320 e. The maximum Gasteiger partial charge on any atom is 0.320 e. The molecule has 0 fully saturated rings. The Morgan fingerprint density at radius 1 is 1.17 bits per heavy atom. The van der Waals surface area contributed by atoms with Crippen molar-refractivity contribution in [3.8, 4) is 17.2 Å². The Labute approximate surface area is 166 Å². The highest BCUT2D eigenvalue weighted by molar-refractivity contribution is 14.1. The molecule has 4 N–H and O–H groups in total. The van der Waals surface area contributed by atoms with E-state index in [1.54, 1.807) is 30.3 Å². The molecule has 0 unspecified atom stereocenters. The Morgan fingerprint density at radius 2 is 1.87 bits per heavy atom. The van der Waals surface area contributed by atoms with Crippen molar-refractivity contribution in [2.24, 2.45) is 5.73 Å². The van der Waals surface area contributed by atoms with E-state index in [-0.39, 0.29) is 24.6 Å². The first-order valence-corrected chi connectivity index (χ1v) is 8.45. The molecule has 23 heavy (non-hydrogen) atoms. The monoisotopic (exact) mass is 567 g/mol. The van der Waals surface area contributed by atoms with Gasteiger partial charge in [-0.2, -0.15) is 0 Å². The van der Waals surface area contributed by atoms with E-state index in [2.05, 4.69) is 22.6 Å². The van der Waals surface area contributed by atoms with Crippen LogP contribution in [0.5, 0.6) is 17.2 Å². The highest BCUT2D eigenvalue weighted by Crippen LogP contribution is 2.31. The number of rotatable bonds is 5. The van der Waals surface area contributed by atoms with Crippen molar-refractivity contribution in [3.05, 3.63) is 49.1 Å². The van der Waals surface area contributed by atoms with Crippen LogP contribution in [0.1, 0.15) is 5.56 Å². The van der Waals surface area contributed by atoms with E-state index < -0.39 is 12.0 Å². The van der Waals surface area contributed by atoms with Gasteiger partial charge in [-0.1, -0.05) is 6.07 Å². The molecule has 0 amide bonds. The van der Waals surface area contributed by atoms with Crippen molar-refractivity contribution in [2.45, 2.75) is 12.5 Å². The minimum Gasteiger partial charge on any atom is -0.507 e. The minimum atomic E-state index is -1.02. The van der Waals surface area contributed by atoms with Gasteiger partial charge in [0.25, 0.3) is 0 Å². The van der Waals surface area contributed by atoms with Crippen LogP contribution in [0.25, 0.3) is 0 Å². The number of ether oxygens (including phenoxy) is 1. The van der Waals surface area contributed by atoms with Crippen molar-refractivity contribution in [1.29, 1.82) is 0 Å². The number of carbonyl (C=O) groups is 1. The van der Waals surface area contributed by atoms with E-state index in [4.69, 9.17) is 15.6 Å². The molecule has 0 aromatic heterocycles. The Balaban J connectivity index is 0.00000264. The standard InChI is InChI=1S/C15H13I2NO4.ClH/c16-10-7-9(2-3-13(10)19)22-14-4-1-8(5-11(14)17)6-12(18)15(20)21;/h1-5,7,12,19H,6,18H2,(H,20,21);1H/t12-;/m0./s1/i2+1,3+1,7+1,9+1,10+1,13+1;. The SMILES string of the molecule is Cl.N[C@@H](Cc1ccc(O[13c]2[13cH][13cH][13c](O)[13c](I)[13cH]2)c(I)c1)C(=O)O. The first-order valence-electron chi connectivity index (χ1n) is 6.30. The van der Waals surface area contributed by atoms with Crippen LogP contribution in [-0.4, -0.2) is 22.2 Å². The van der Waals surface area contributed by atoms with E-state index >= 15 is 0 Å². The summed E-state index contributed by atoms with van der Waals surface area (Å²) in [5, 5.41) is 18.3. The number of aromatic hydroxyl groups is 1. The summed E-state index contributed by atoms with van der Waals surface area (Å²) in [6.07, 6.45) is 0.267. The summed E-state index contributed by atoms with van der Waals surface area (Å²) in [7, 11) is 0. The molecule has 0 aliphatic rings. The number of hydrogen-bond acceptors (Lipinski definition) is 4. The van der Waals surface area contributed by atoms with Crippen LogP contribution < -0.4 is 10.5 Å². The van der Waals surface area contributed by atoms with Crippen molar-refractivity contribution in [2.75, 3.05) is 0 Å². The predicted molar refractivity (Wildman–Crippen MR) is 107 cm³/mol. The lowest BCUT2D eigenvalue weighted by molar-refractivity contribution is -0.138. The molecular formula is C15H14ClI2NO4. The molecule has 1 atom stereocenters. The molecule has 5 nitrogen and oxygen atoms in total. The molecule has 124 valence electrons. The molecule has 0 saturated heterocycles. The molecule has 0 heterocycles. The fraction of sp³-hybridized carbons (Fsp3) is 0.133. The van der Waals surface area contributed by atoms with Crippen molar-refractivity contribution in [1.82, 2.24) is 0 Å². The third kappa shape index (κ3) is 5.66. The lowest BCUT2D eigenvalue weighted by Gasteiger charge is -2.11. The molecule has 8 heteroatoms. The van der Waals surface area contributed by atoms with Gasteiger partial charge in [0.2, 0.25) is 0 Å². The van der Waals surface area contributed by atoms with Crippen molar-refractivity contribution >= 4 is 63.6 Å². The molecule has 0 aliphatic heterocycles. The van der Waals surface area contributed by atoms with E-state index in [0.29, 0.717) is 15.1 Å². The summed E-state index contributed by atoms with van der Waals surface area (Å²) >= 11 is 4.15. The van der Waals surface area contributed by atoms with Crippen LogP contribution >= 0.6 is 57.6 Å². The molecule has 2 aromatic carbocycles. The zero-order chi connectivity index (χ0) is 16.3. The van der Waals surface area contributed by atoms with Gasteiger partial charge in [0.15, 0.2) is 0 Å². The van der Waals surface area contributed by atoms with Crippen LogP contribution in [0.4, 0.5) is 0 Å². The zero-order valence-corrected chi connectivity index (χ0v) is 16.8. The first-order chi connectivity index (χ1) is 10.4. The second kappa shape index (κ2) is 8.90. The summed E-state index contributed by atoms with van der Waals surface area (Å²) in [4.78, 5) is 10.8. The van der Waals surface area contributed by atoms with Gasteiger partial charge in [-0.05, 0) is 87.5 Å². The van der Waals surface area contributed by atoms with E-state index in [1.165, 1.54) is 0 Å². The Bertz CT molecular complexity index is 712. The van der Waals surface area contributed by atoms with Gasteiger partial charge in [0.05, 0.1) is 7.14 Å². The number of carboxylic acids is 1. The van der Waals surface area contributed by atoms with Gasteiger partial charge in [0, 0.05) is 0 Å². The molecule has 0 spiro atoms. The number of nitrogens with two attached hydrogens (primary N) is 1. The van der Waals surface area contributed by atoms with Crippen molar-refractivity contribution in [3.63, 3.8) is 0 Å². The largest absolute Gasteiger partial charge is 0.507 e. The molecular weight excluding hydrogens is 553 g/mol. The molecule has 0 aliphatic carbocycles.